The third-order valence-corrected chi connectivity index (χ3v) is 3.76. The second-order valence-electron chi connectivity index (χ2n) is 3.71. The lowest BCUT2D eigenvalue weighted by atomic mass is 10.2. The van der Waals surface area contributed by atoms with Gasteiger partial charge < -0.3 is 5.32 Å². The van der Waals surface area contributed by atoms with Crippen molar-refractivity contribution in [2.24, 2.45) is 0 Å². The minimum absolute atomic E-state index is 0.301. The molecule has 2 aromatic carbocycles. The molecule has 0 unspecified atom stereocenters. The van der Waals surface area contributed by atoms with E-state index in [2.05, 4.69) is 27.9 Å². The molecule has 0 aromatic heterocycles. The van der Waals surface area contributed by atoms with E-state index < -0.39 is 0 Å². The zero-order valence-electron chi connectivity index (χ0n) is 9.18. The lowest BCUT2D eigenvalue weighted by Crippen LogP contribution is -2.01. The summed E-state index contributed by atoms with van der Waals surface area (Å²) in [7, 11) is 0. The molecule has 0 aliphatic rings. The summed E-state index contributed by atoms with van der Waals surface area (Å²) in [4.78, 5) is 0. The molecule has 0 saturated carbocycles. The monoisotopic (exact) mass is 395 g/mol. The van der Waals surface area contributed by atoms with Crippen molar-refractivity contribution in [1.29, 1.82) is 0 Å². The van der Waals surface area contributed by atoms with Gasteiger partial charge in [-0.15, -0.1) is 0 Å². The van der Waals surface area contributed by atoms with Gasteiger partial charge in [0, 0.05) is 15.1 Å². The topological polar surface area (TPSA) is 12.0 Å². The molecule has 0 amide bonds. The Hall–Kier alpha value is -0.520. The van der Waals surface area contributed by atoms with Gasteiger partial charge in [-0.3, -0.25) is 0 Å². The van der Waals surface area contributed by atoms with Gasteiger partial charge in [-0.05, 0) is 64.6 Å². The number of nitrogens with one attached hydrogen (secondary N) is 1. The van der Waals surface area contributed by atoms with E-state index in [1.807, 2.05) is 18.2 Å². The number of hydrogen-bond donors (Lipinski definition) is 1. The third kappa shape index (κ3) is 3.49. The predicted octanol–water partition coefficient (Wildman–Crippen LogP) is 5.35. The van der Waals surface area contributed by atoms with Crippen molar-refractivity contribution >= 4 is 51.5 Å². The highest BCUT2D eigenvalue weighted by Gasteiger charge is 2.04. The summed E-state index contributed by atoms with van der Waals surface area (Å²) < 4.78 is 14.2. The highest BCUT2D eigenvalue weighted by Crippen LogP contribution is 2.25. The Morgan fingerprint density at radius 2 is 1.83 bits per heavy atom. The van der Waals surface area contributed by atoms with Gasteiger partial charge in [-0.1, -0.05) is 23.2 Å². The van der Waals surface area contributed by atoms with Crippen LogP contribution in [0.1, 0.15) is 5.56 Å². The SMILES string of the molecule is Fc1ccc(Cl)c(CNc2ccc(I)cc2Cl)c1. The Balaban J connectivity index is 2.13. The van der Waals surface area contributed by atoms with Crippen LogP contribution in [-0.2, 0) is 6.54 Å². The maximum Gasteiger partial charge on any atom is 0.123 e. The van der Waals surface area contributed by atoms with Gasteiger partial charge in [0.05, 0.1) is 10.7 Å². The van der Waals surface area contributed by atoms with Crippen molar-refractivity contribution in [1.82, 2.24) is 0 Å². The molecule has 0 radical (unpaired) electrons. The van der Waals surface area contributed by atoms with Crippen molar-refractivity contribution in [3.63, 3.8) is 0 Å². The molecule has 0 bridgehead atoms. The Morgan fingerprint density at radius 3 is 2.56 bits per heavy atom. The van der Waals surface area contributed by atoms with Gasteiger partial charge in [0.1, 0.15) is 5.82 Å². The average molecular weight is 396 g/mol. The Bertz CT molecular complexity index is 575. The Labute approximate surface area is 128 Å². The number of hydrogen-bond acceptors (Lipinski definition) is 1. The Morgan fingerprint density at radius 1 is 1.06 bits per heavy atom. The van der Waals surface area contributed by atoms with Crippen LogP contribution < -0.4 is 5.32 Å². The normalized spacial score (nSPS) is 10.4. The summed E-state index contributed by atoms with van der Waals surface area (Å²) in [6.07, 6.45) is 0. The molecule has 2 rings (SSSR count). The van der Waals surface area contributed by atoms with Crippen LogP contribution in [0.25, 0.3) is 0 Å². The quantitative estimate of drug-likeness (QED) is 0.690. The fourth-order valence-electron chi connectivity index (χ4n) is 1.50. The molecule has 0 spiro atoms. The smallest absolute Gasteiger partial charge is 0.123 e. The van der Waals surface area contributed by atoms with E-state index in [1.165, 1.54) is 12.1 Å². The first-order valence-corrected chi connectivity index (χ1v) is 7.02. The molecule has 0 atom stereocenters. The van der Waals surface area contributed by atoms with Crippen molar-refractivity contribution in [2.75, 3.05) is 5.32 Å². The van der Waals surface area contributed by atoms with Crippen molar-refractivity contribution < 1.29 is 4.39 Å². The predicted molar refractivity (Wildman–Crippen MR) is 82.9 cm³/mol. The van der Waals surface area contributed by atoms with Crippen molar-refractivity contribution in [2.45, 2.75) is 6.54 Å². The number of rotatable bonds is 3. The maximum atomic E-state index is 13.1. The van der Waals surface area contributed by atoms with Crippen LogP contribution >= 0.6 is 45.8 Å². The summed E-state index contributed by atoms with van der Waals surface area (Å²) in [6.45, 7) is 0.427. The van der Waals surface area contributed by atoms with E-state index in [9.17, 15) is 4.39 Å². The van der Waals surface area contributed by atoms with Crippen molar-refractivity contribution in [3.8, 4) is 0 Å². The standard InChI is InChI=1S/C13H9Cl2FIN/c14-11-3-1-9(16)5-8(11)7-18-13-4-2-10(17)6-12(13)15/h1-6,18H,7H2. The van der Waals surface area contributed by atoms with E-state index in [0.29, 0.717) is 22.2 Å². The second kappa shape index (κ2) is 6.08. The van der Waals surface area contributed by atoms with Gasteiger partial charge in [-0.2, -0.15) is 0 Å². The largest absolute Gasteiger partial charge is 0.380 e. The summed E-state index contributed by atoms with van der Waals surface area (Å²) in [5.41, 5.74) is 1.50. The fraction of sp³-hybridized carbons (Fsp3) is 0.0769. The van der Waals surface area contributed by atoms with Crippen LogP contribution in [-0.4, -0.2) is 0 Å². The zero-order chi connectivity index (χ0) is 13.1. The molecule has 0 heterocycles. The first-order chi connectivity index (χ1) is 8.56. The van der Waals surface area contributed by atoms with Gasteiger partial charge in [0.25, 0.3) is 0 Å². The highest BCUT2D eigenvalue weighted by atomic mass is 127. The van der Waals surface area contributed by atoms with Gasteiger partial charge in [-0.25, -0.2) is 4.39 Å². The zero-order valence-corrected chi connectivity index (χ0v) is 12.9. The second-order valence-corrected chi connectivity index (χ2v) is 5.77. The minimum Gasteiger partial charge on any atom is -0.380 e. The first kappa shape index (κ1) is 13.9. The van der Waals surface area contributed by atoms with Crippen LogP contribution in [0.2, 0.25) is 10.0 Å². The van der Waals surface area contributed by atoms with Crippen LogP contribution in [0.3, 0.4) is 0 Å². The maximum absolute atomic E-state index is 13.1. The Kier molecular flexibility index (Phi) is 4.70. The summed E-state index contributed by atoms with van der Waals surface area (Å²) >= 11 is 14.3. The molecule has 0 aliphatic carbocycles. The van der Waals surface area contributed by atoms with E-state index in [1.54, 1.807) is 6.07 Å². The van der Waals surface area contributed by atoms with Gasteiger partial charge >= 0.3 is 0 Å². The molecule has 2 aromatic rings. The molecule has 0 aliphatic heterocycles. The molecular formula is C13H9Cl2FIN. The minimum atomic E-state index is -0.301. The molecule has 0 saturated heterocycles. The van der Waals surface area contributed by atoms with E-state index in [-0.39, 0.29) is 5.82 Å². The number of anilines is 1. The molecular weight excluding hydrogens is 387 g/mol. The highest BCUT2D eigenvalue weighted by molar-refractivity contribution is 14.1. The summed E-state index contributed by atoms with van der Waals surface area (Å²) in [5, 5.41) is 4.30. The van der Waals surface area contributed by atoms with Crippen LogP contribution in [0.15, 0.2) is 36.4 Å². The van der Waals surface area contributed by atoms with E-state index >= 15 is 0 Å². The van der Waals surface area contributed by atoms with Gasteiger partial charge in [0.15, 0.2) is 0 Å². The van der Waals surface area contributed by atoms with E-state index in [4.69, 9.17) is 23.2 Å². The van der Waals surface area contributed by atoms with Gasteiger partial charge in [0.2, 0.25) is 0 Å². The molecule has 5 heteroatoms. The van der Waals surface area contributed by atoms with Crippen molar-refractivity contribution in [3.05, 3.63) is 61.4 Å². The molecule has 94 valence electrons. The summed E-state index contributed by atoms with van der Waals surface area (Å²) in [6, 6.07) is 9.99. The molecule has 1 N–H and O–H groups in total. The number of benzene rings is 2. The summed E-state index contributed by atoms with van der Waals surface area (Å²) in [5.74, 6) is -0.301. The first-order valence-electron chi connectivity index (χ1n) is 5.19. The third-order valence-electron chi connectivity index (χ3n) is 2.41. The average Bonchev–Trinajstić information content (AvgIpc) is 2.32. The molecule has 1 nitrogen and oxygen atoms in total. The lowest BCUT2D eigenvalue weighted by Gasteiger charge is -2.10. The van der Waals surface area contributed by atoms with Crippen LogP contribution in [0, 0.1) is 9.39 Å². The molecule has 18 heavy (non-hydrogen) atoms. The van der Waals surface area contributed by atoms with Crippen LogP contribution in [0.4, 0.5) is 10.1 Å². The molecule has 0 fully saturated rings. The van der Waals surface area contributed by atoms with Crippen LogP contribution in [0.5, 0.6) is 0 Å². The number of halogens is 4. The lowest BCUT2D eigenvalue weighted by molar-refractivity contribution is 0.626. The fourth-order valence-corrected chi connectivity index (χ4v) is 2.61. The van der Waals surface area contributed by atoms with E-state index in [0.717, 1.165) is 9.26 Å².